The van der Waals surface area contributed by atoms with Crippen molar-refractivity contribution in [2.75, 3.05) is 7.11 Å². The summed E-state index contributed by atoms with van der Waals surface area (Å²) in [6, 6.07) is 4.52. The van der Waals surface area contributed by atoms with Gasteiger partial charge in [0, 0.05) is 11.6 Å². The lowest BCUT2D eigenvalue weighted by atomic mass is 10.1. The standard InChI is InChI=1S/C13H16FN3O2/c1-8(15-7-12-16-9(2)17-19-12)13-10(14)5-4-6-11(13)18-3/h4-6,8,15H,7H2,1-3H3. The summed E-state index contributed by atoms with van der Waals surface area (Å²) in [6.07, 6.45) is 0. The van der Waals surface area contributed by atoms with Gasteiger partial charge in [0.2, 0.25) is 5.89 Å². The number of nitrogens with zero attached hydrogens (tertiary/aromatic N) is 2. The van der Waals surface area contributed by atoms with E-state index in [1.165, 1.54) is 13.2 Å². The molecule has 0 aliphatic heterocycles. The monoisotopic (exact) mass is 265 g/mol. The molecule has 0 aliphatic carbocycles. The lowest BCUT2D eigenvalue weighted by molar-refractivity contribution is 0.351. The van der Waals surface area contributed by atoms with Gasteiger partial charge in [-0.3, -0.25) is 0 Å². The number of halogens is 1. The summed E-state index contributed by atoms with van der Waals surface area (Å²) in [5.74, 6) is 1.26. The molecule has 1 N–H and O–H groups in total. The highest BCUT2D eigenvalue weighted by molar-refractivity contribution is 5.36. The Morgan fingerprint density at radius 2 is 2.26 bits per heavy atom. The van der Waals surface area contributed by atoms with Crippen molar-refractivity contribution >= 4 is 0 Å². The highest BCUT2D eigenvalue weighted by Crippen LogP contribution is 2.27. The largest absolute Gasteiger partial charge is 0.496 e. The van der Waals surface area contributed by atoms with Crippen molar-refractivity contribution in [3.05, 3.63) is 41.3 Å². The van der Waals surface area contributed by atoms with Crippen molar-refractivity contribution < 1.29 is 13.7 Å². The molecule has 0 fully saturated rings. The van der Waals surface area contributed by atoms with Crippen LogP contribution in [0.2, 0.25) is 0 Å². The average molecular weight is 265 g/mol. The predicted molar refractivity (Wildman–Crippen MR) is 67.2 cm³/mol. The van der Waals surface area contributed by atoms with Crippen LogP contribution >= 0.6 is 0 Å². The Kier molecular flexibility index (Phi) is 4.11. The zero-order chi connectivity index (χ0) is 13.8. The number of methoxy groups -OCH3 is 1. The van der Waals surface area contributed by atoms with Crippen molar-refractivity contribution in [1.29, 1.82) is 0 Å². The number of ether oxygens (including phenoxy) is 1. The first-order valence-corrected chi connectivity index (χ1v) is 5.96. The van der Waals surface area contributed by atoms with Crippen molar-refractivity contribution in [3.8, 4) is 5.75 Å². The smallest absolute Gasteiger partial charge is 0.240 e. The SMILES string of the molecule is COc1cccc(F)c1C(C)NCc1nc(C)no1. The van der Waals surface area contributed by atoms with Gasteiger partial charge in [0.15, 0.2) is 5.82 Å². The second-order valence-electron chi connectivity index (χ2n) is 4.19. The van der Waals surface area contributed by atoms with Crippen LogP contribution in [0.25, 0.3) is 0 Å². The summed E-state index contributed by atoms with van der Waals surface area (Å²) >= 11 is 0. The molecule has 2 rings (SSSR count). The number of hydrogen-bond donors (Lipinski definition) is 1. The van der Waals surface area contributed by atoms with Gasteiger partial charge in [-0.2, -0.15) is 4.98 Å². The van der Waals surface area contributed by atoms with Crippen LogP contribution in [-0.4, -0.2) is 17.3 Å². The molecule has 1 unspecified atom stereocenters. The zero-order valence-electron chi connectivity index (χ0n) is 11.1. The second-order valence-corrected chi connectivity index (χ2v) is 4.19. The van der Waals surface area contributed by atoms with E-state index < -0.39 is 0 Å². The van der Waals surface area contributed by atoms with E-state index in [1.807, 2.05) is 6.92 Å². The fourth-order valence-electron chi connectivity index (χ4n) is 1.87. The van der Waals surface area contributed by atoms with Crippen LogP contribution in [0.15, 0.2) is 22.7 Å². The summed E-state index contributed by atoms with van der Waals surface area (Å²) in [5.41, 5.74) is 0.487. The maximum atomic E-state index is 13.8. The Labute approximate surface area is 110 Å². The number of hydrogen-bond acceptors (Lipinski definition) is 5. The van der Waals surface area contributed by atoms with Gasteiger partial charge >= 0.3 is 0 Å². The third kappa shape index (κ3) is 3.08. The number of aryl methyl sites for hydroxylation is 1. The molecule has 0 spiro atoms. The van der Waals surface area contributed by atoms with E-state index in [2.05, 4.69) is 15.5 Å². The van der Waals surface area contributed by atoms with Crippen molar-refractivity contribution in [1.82, 2.24) is 15.5 Å². The van der Waals surface area contributed by atoms with Crippen LogP contribution in [0.4, 0.5) is 4.39 Å². The summed E-state index contributed by atoms with van der Waals surface area (Å²) in [5, 5.41) is 6.82. The molecule has 19 heavy (non-hydrogen) atoms. The zero-order valence-corrected chi connectivity index (χ0v) is 11.1. The van der Waals surface area contributed by atoms with E-state index in [4.69, 9.17) is 9.26 Å². The van der Waals surface area contributed by atoms with Crippen molar-refractivity contribution in [3.63, 3.8) is 0 Å². The maximum Gasteiger partial charge on any atom is 0.240 e. The Balaban J connectivity index is 2.09. The Morgan fingerprint density at radius 3 is 2.89 bits per heavy atom. The topological polar surface area (TPSA) is 60.2 Å². The van der Waals surface area contributed by atoms with Crippen LogP contribution < -0.4 is 10.1 Å². The molecular formula is C13H16FN3O2. The van der Waals surface area contributed by atoms with E-state index in [1.54, 1.807) is 19.1 Å². The molecule has 0 radical (unpaired) electrons. The van der Waals surface area contributed by atoms with Gasteiger partial charge < -0.3 is 14.6 Å². The molecule has 0 saturated carbocycles. The van der Waals surface area contributed by atoms with Crippen LogP contribution in [0.3, 0.4) is 0 Å². The lowest BCUT2D eigenvalue weighted by Crippen LogP contribution is -2.20. The molecule has 0 bridgehead atoms. The Hall–Kier alpha value is -1.95. The summed E-state index contributed by atoms with van der Waals surface area (Å²) in [6.45, 7) is 3.97. The first kappa shape index (κ1) is 13.5. The van der Waals surface area contributed by atoms with Gasteiger partial charge in [-0.15, -0.1) is 0 Å². The summed E-state index contributed by atoms with van der Waals surface area (Å²) in [4.78, 5) is 4.08. The minimum absolute atomic E-state index is 0.233. The molecule has 1 aromatic heterocycles. The molecule has 1 atom stereocenters. The molecular weight excluding hydrogens is 249 g/mol. The fraction of sp³-hybridized carbons (Fsp3) is 0.385. The fourth-order valence-corrected chi connectivity index (χ4v) is 1.87. The molecule has 6 heteroatoms. The molecule has 0 amide bonds. The van der Waals surface area contributed by atoms with Crippen molar-refractivity contribution in [2.45, 2.75) is 26.4 Å². The molecule has 0 aliphatic rings. The Morgan fingerprint density at radius 1 is 1.47 bits per heavy atom. The highest BCUT2D eigenvalue weighted by atomic mass is 19.1. The normalized spacial score (nSPS) is 12.4. The van der Waals surface area contributed by atoms with Gasteiger partial charge in [0.05, 0.1) is 13.7 Å². The number of aromatic nitrogens is 2. The van der Waals surface area contributed by atoms with Gasteiger partial charge in [0.1, 0.15) is 11.6 Å². The number of benzene rings is 1. The first-order valence-electron chi connectivity index (χ1n) is 5.96. The van der Waals surface area contributed by atoms with E-state index in [0.717, 1.165) is 0 Å². The third-order valence-corrected chi connectivity index (χ3v) is 2.79. The maximum absolute atomic E-state index is 13.8. The average Bonchev–Trinajstić information content (AvgIpc) is 2.81. The Bertz CT molecular complexity index is 557. The van der Waals surface area contributed by atoms with Crippen molar-refractivity contribution in [2.24, 2.45) is 0 Å². The summed E-state index contributed by atoms with van der Waals surface area (Å²) < 4.78 is 24.0. The van der Waals surface area contributed by atoms with Gasteiger partial charge in [-0.1, -0.05) is 11.2 Å². The molecule has 1 aromatic carbocycles. The third-order valence-electron chi connectivity index (χ3n) is 2.79. The van der Waals surface area contributed by atoms with Crippen LogP contribution in [-0.2, 0) is 6.54 Å². The van der Waals surface area contributed by atoms with E-state index in [-0.39, 0.29) is 11.9 Å². The molecule has 0 saturated heterocycles. The van der Waals surface area contributed by atoms with Crippen LogP contribution in [0, 0.1) is 12.7 Å². The first-order chi connectivity index (χ1) is 9.11. The number of nitrogens with one attached hydrogen (secondary N) is 1. The molecule has 102 valence electrons. The minimum atomic E-state index is -0.305. The summed E-state index contributed by atoms with van der Waals surface area (Å²) in [7, 11) is 1.52. The van der Waals surface area contributed by atoms with E-state index in [0.29, 0.717) is 29.6 Å². The molecule has 2 aromatic rings. The second kappa shape index (κ2) is 5.79. The van der Waals surface area contributed by atoms with Crippen LogP contribution in [0.1, 0.15) is 30.2 Å². The predicted octanol–water partition coefficient (Wildman–Crippen LogP) is 2.38. The molecule has 1 heterocycles. The van der Waals surface area contributed by atoms with Crippen LogP contribution in [0.5, 0.6) is 5.75 Å². The molecule has 5 nitrogen and oxygen atoms in total. The minimum Gasteiger partial charge on any atom is -0.496 e. The van der Waals surface area contributed by atoms with E-state index in [9.17, 15) is 4.39 Å². The van der Waals surface area contributed by atoms with E-state index >= 15 is 0 Å². The van der Waals surface area contributed by atoms with Gasteiger partial charge in [0.25, 0.3) is 0 Å². The van der Waals surface area contributed by atoms with Gasteiger partial charge in [-0.05, 0) is 26.0 Å². The lowest BCUT2D eigenvalue weighted by Gasteiger charge is -2.17. The highest BCUT2D eigenvalue weighted by Gasteiger charge is 2.16. The quantitative estimate of drug-likeness (QED) is 0.899. The van der Waals surface area contributed by atoms with Gasteiger partial charge in [-0.25, -0.2) is 4.39 Å². The number of rotatable bonds is 5.